The Bertz CT molecular complexity index is 938. The highest BCUT2D eigenvalue weighted by Crippen LogP contribution is 2.29. The molecule has 0 bridgehead atoms. The number of non-ortho nitro benzene ring substituents is 1. The Balaban J connectivity index is 1.79. The van der Waals surface area contributed by atoms with Crippen LogP contribution in [0.2, 0.25) is 0 Å². The van der Waals surface area contributed by atoms with E-state index in [1.807, 2.05) is 42.5 Å². The van der Waals surface area contributed by atoms with Crippen LogP contribution < -0.4 is 10.1 Å². The number of nitrogens with one attached hydrogen (secondary N) is 1. The van der Waals surface area contributed by atoms with E-state index in [9.17, 15) is 14.9 Å². The lowest BCUT2D eigenvalue weighted by atomic mass is 10.0. The molecule has 0 aromatic heterocycles. The summed E-state index contributed by atoms with van der Waals surface area (Å²) in [6.07, 6.45) is 0. The molecule has 6 nitrogen and oxygen atoms in total. The number of rotatable bonds is 5. The van der Waals surface area contributed by atoms with Crippen molar-refractivity contribution in [3.05, 3.63) is 88.5 Å². The van der Waals surface area contributed by atoms with E-state index in [1.54, 1.807) is 12.1 Å². The Labute approximate surface area is 150 Å². The van der Waals surface area contributed by atoms with E-state index in [0.717, 1.165) is 11.1 Å². The van der Waals surface area contributed by atoms with Gasteiger partial charge in [0.1, 0.15) is 5.75 Å². The Morgan fingerprint density at radius 3 is 2.23 bits per heavy atom. The summed E-state index contributed by atoms with van der Waals surface area (Å²) in [7, 11) is 1.39. The van der Waals surface area contributed by atoms with E-state index >= 15 is 0 Å². The van der Waals surface area contributed by atoms with E-state index in [1.165, 1.54) is 25.3 Å². The van der Waals surface area contributed by atoms with E-state index in [4.69, 9.17) is 4.74 Å². The van der Waals surface area contributed by atoms with Crippen LogP contribution in [0.3, 0.4) is 0 Å². The van der Waals surface area contributed by atoms with Crippen LogP contribution in [0.4, 0.5) is 11.4 Å². The second-order valence-corrected chi connectivity index (χ2v) is 5.54. The van der Waals surface area contributed by atoms with Crippen molar-refractivity contribution < 1.29 is 14.5 Å². The molecule has 1 N–H and O–H groups in total. The van der Waals surface area contributed by atoms with Crippen molar-refractivity contribution in [2.45, 2.75) is 0 Å². The molecule has 0 fully saturated rings. The maximum absolute atomic E-state index is 12.4. The van der Waals surface area contributed by atoms with Crippen LogP contribution in [0.5, 0.6) is 5.75 Å². The minimum Gasteiger partial charge on any atom is -0.494 e. The molecule has 0 saturated carbocycles. The van der Waals surface area contributed by atoms with Gasteiger partial charge in [-0.25, -0.2) is 0 Å². The lowest BCUT2D eigenvalue weighted by molar-refractivity contribution is -0.384. The molecule has 0 unspecified atom stereocenters. The molecule has 0 atom stereocenters. The number of amides is 1. The highest BCUT2D eigenvalue weighted by Gasteiger charge is 2.14. The van der Waals surface area contributed by atoms with Crippen LogP contribution in [0.25, 0.3) is 11.1 Å². The van der Waals surface area contributed by atoms with Crippen LogP contribution in [0.1, 0.15) is 10.4 Å². The highest BCUT2D eigenvalue weighted by molar-refractivity contribution is 6.05. The number of ether oxygens (including phenoxy) is 1. The van der Waals surface area contributed by atoms with Gasteiger partial charge in [0.25, 0.3) is 11.6 Å². The molecule has 0 radical (unpaired) electrons. The number of hydrogen-bond acceptors (Lipinski definition) is 4. The smallest absolute Gasteiger partial charge is 0.273 e. The topological polar surface area (TPSA) is 81.5 Å². The van der Waals surface area contributed by atoms with Gasteiger partial charge in [-0.1, -0.05) is 42.5 Å². The van der Waals surface area contributed by atoms with Crippen molar-refractivity contribution in [3.8, 4) is 16.9 Å². The molecule has 0 heterocycles. The average Bonchev–Trinajstić information content (AvgIpc) is 2.69. The first kappa shape index (κ1) is 17.2. The van der Waals surface area contributed by atoms with Gasteiger partial charge in [-0.05, 0) is 29.3 Å². The molecule has 3 aromatic rings. The van der Waals surface area contributed by atoms with E-state index < -0.39 is 4.92 Å². The molecular formula is C20H16N2O4. The SMILES string of the molecule is COc1cc([N+](=O)[O-])ccc1NC(=O)c1ccc(-c2ccccc2)cc1. The van der Waals surface area contributed by atoms with Crippen molar-refractivity contribution in [1.82, 2.24) is 0 Å². The average molecular weight is 348 g/mol. The molecule has 1 amide bonds. The predicted molar refractivity (Wildman–Crippen MR) is 99.5 cm³/mol. The first-order valence-electron chi connectivity index (χ1n) is 7.88. The van der Waals surface area contributed by atoms with Gasteiger partial charge in [-0.2, -0.15) is 0 Å². The zero-order valence-corrected chi connectivity index (χ0v) is 14.0. The molecule has 0 spiro atoms. The van der Waals surface area contributed by atoms with E-state index in [-0.39, 0.29) is 17.3 Å². The Hall–Kier alpha value is -3.67. The largest absolute Gasteiger partial charge is 0.494 e. The van der Waals surface area contributed by atoms with Crippen molar-refractivity contribution in [2.75, 3.05) is 12.4 Å². The monoisotopic (exact) mass is 348 g/mol. The first-order chi connectivity index (χ1) is 12.6. The number of carbonyl (C=O) groups is 1. The number of nitro benzene ring substituents is 1. The standard InChI is InChI=1S/C20H16N2O4/c1-26-19-13-17(22(24)25)11-12-18(19)21-20(23)16-9-7-15(8-10-16)14-5-3-2-4-6-14/h2-13H,1H3,(H,21,23). The van der Waals surface area contributed by atoms with Gasteiger partial charge in [0.2, 0.25) is 0 Å². The number of hydrogen-bond donors (Lipinski definition) is 1. The van der Waals surface area contributed by atoms with E-state index in [0.29, 0.717) is 11.3 Å². The molecule has 130 valence electrons. The Morgan fingerprint density at radius 2 is 1.62 bits per heavy atom. The molecular weight excluding hydrogens is 332 g/mol. The Morgan fingerprint density at radius 1 is 0.962 bits per heavy atom. The maximum atomic E-state index is 12.4. The molecule has 0 aliphatic rings. The van der Waals surface area contributed by atoms with Crippen molar-refractivity contribution >= 4 is 17.3 Å². The second kappa shape index (κ2) is 7.48. The third-order valence-corrected chi connectivity index (χ3v) is 3.90. The third-order valence-electron chi connectivity index (χ3n) is 3.90. The van der Waals surface area contributed by atoms with Crippen molar-refractivity contribution in [3.63, 3.8) is 0 Å². The van der Waals surface area contributed by atoms with Gasteiger partial charge < -0.3 is 10.1 Å². The van der Waals surface area contributed by atoms with Gasteiger partial charge in [0, 0.05) is 11.6 Å². The van der Waals surface area contributed by atoms with Crippen LogP contribution in [-0.4, -0.2) is 17.9 Å². The lowest BCUT2D eigenvalue weighted by Gasteiger charge is -2.10. The number of anilines is 1. The minimum absolute atomic E-state index is 0.105. The summed E-state index contributed by atoms with van der Waals surface area (Å²) >= 11 is 0. The van der Waals surface area contributed by atoms with Crippen molar-refractivity contribution in [1.29, 1.82) is 0 Å². The summed E-state index contributed by atoms with van der Waals surface area (Å²) in [5.41, 5.74) is 2.82. The van der Waals surface area contributed by atoms with E-state index in [2.05, 4.69) is 5.32 Å². The van der Waals surface area contributed by atoms with Gasteiger partial charge in [0.15, 0.2) is 0 Å². The minimum atomic E-state index is -0.517. The fourth-order valence-electron chi connectivity index (χ4n) is 2.54. The van der Waals surface area contributed by atoms with Crippen LogP contribution in [0, 0.1) is 10.1 Å². The van der Waals surface area contributed by atoms with Crippen molar-refractivity contribution in [2.24, 2.45) is 0 Å². The van der Waals surface area contributed by atoms with Crippen LogP contribution in [0.15, 0.2) is 72.8 Å². The molecule has 3 rings (SSSR count). The number of nitro groups is 1. The molecule has 3 aromatic carbocycles. The quantitative estimate of drug-likeness (QED) is 0.543. The zero-order valence-electron chi connectivity index (χ0n) is 14.0. The highest BCUT2D eigenvalue weighted by atomic mass is 16.6. The van der Waals surface area contributed by atoms with Crippen LogP contribution >= 0.6 is 0 Å². The third kappa shape index (κ3) is 3.70. The maximum Gasteiger partial charge on any atom is 0.273 e. The Kier molecular flexibility index (Phi) is 4.94. The number of methoxy groups -OCH3 is 1. The van der Waals surface area contributed by atoms with Gasteiger partial charge in [0.05, 0.1) is 23.8 Å². The predicted octanol–water partition coefficient (Wildman–Crippen LogP) is 4.52. The first-order valence-corrected chi connectivity index (χ1v) is 7.88. The van der Waals surface area contributed by atoms with Gasteiger partial charge >= 0.3 is 0 Å². The molecule has 0 aliphatic heterocycles. The second-order valence-electron chi connectivity index (χ2n) is 5.54. The normalized spacial score (nSPS) is 10.2. The van der Waals surface area contributed by atoms with Crippen LogP contribution in [-0.2, 0) is 0 Å². The summed E-state index contributed by atoms with van der Waals surface area (Å²) in [5.74, 6) is -0.0924. The molecule has 0 aliphatic carbocycles. The summed E-state index contributed by atoms with van der Waals surface area (Å²) < 4.78 is 5.13. The summed E-state index contributed by atoms with van der Waals surface area (Å²) in [6.45, 7) is 0. The lowest BCUT2D eigenvalue weighted by Crippen LogP contribution is -2.12. The zero-order chi connectivity index (χ0) is 18.5. The fourth-order valence-corrected chi connectivity index (χ4v) is 2.54. The number of nitrogens with zero attached hydrogens (tertiary/aromatic N) is 1. The van der Waals surface area contributed by atoms with Gasteiger partial charge in [-0.15, -0.1) is 0 Å². The van der Waals surface area contributed by atoms with Gasteiger partial charge in [-0.3, -0.25) is 14.9 Å². The summed E-state index contributed by atoms with van der Waals surface area (Å²) in [5, 5.41) is 13.6. The summed E-state index contributed by atoms with van der Waals surface area (Å²) in [4.78, 5) is 22.8. The molecule has 6 heteroatoms. The molecule has 0 saturated heterocycles. The number of carbonyl (C=O) groups excluding carboxylic acids is 1. The number of benzene rings is 3. The summed E-state index contributed by atoms with van der Waals surface area (Å²) in [6, 6.07) is 21.1. The molecule has 26 heavy (non-hydrogen) atoms. The fraction of sp³-hybridized carbons (Fsp3) is 0.0500.